The fourth-order valence-electron chi connectivity index (χ4n) is 2.41. The molecule has 5 heteroatoms. The van der Waals surface area contributed by atoms with Crippen LogP contribution in [0.2, 0.25) is 0 Å². The number of thiazole rings is 1. The number of benzene rings is 2. The van der Waals surface area contributed by atoms with Crippen LogP contribution >= 0.6 is 11.3 Å². The summed E-state index contributed by atoms with van der Waals surface area (Å²) in [5.74, 6) is 0.0266. The van der Waals surface area contributed by atoms with E-state index >= 15 is 0 Å². The van der Waals surface area contributed by atoms with Gasteiger partial charge in [0.25, 0.3) is 0 Å². The zero-order valence-electron chi connectivity index (χ0n) is 12.1. The van der Waals surface area contributed by atoms with Gasteiger partial charge in [-0.25, -0.2) is 0 Å². The lowest BCUT2D eigenvalue weighted by atomic mass is 10.1. The molecule has 0 unspecified atom stereocenters. The molecular formula is C18H13N3OS. The number of nitrogens with zero attached hydrogens (tertiary/aromatic N) is 2. The van der Waals surface area contributed by atoms with Gasteiger partial charge in [0.2, 0.25) is 5.88 Å². The van der Waals surface area contributed by atoms with Crippen LogP contribution in [-0.4, -0.2) is 16.3 Å². The predicted octanol–water partition coefficient (Wildman–Crippen LogP) is 4.85. The highest BCUT2D eigenvalue weighted by Gasteiger charge is 2.14. The summed E-state index contributed by atoms with van der Waals surface area (Å²) in [7, 11) is 0. The Morgan fingerprint density at radius 2 is 1.78 bits per heavy atom. The molecule has 2 aromatic carbocycles. The van der Waals surface area contributed by atoms with Crippen LogP contribution in [0.1, 0.15) is 10.4 Å². The number of anilines is 2. The first-order valence-electron chi connectivity index (χ1n) is 7.16. The number of aliphatic imine (C=N–C) groups is 1. The molecule has 0 saturated heterocycles. The molecule has 23 heavy (non-hydrogen) atoms. The first kappa shape index (κ1) is 13.7. The number of hydrogen-bond donors (Lipinski definition) is 2. The maximum absolute atomic E-state index is 10.1. The predicted molar refractivity (Wildman–Crippen MR) is 96.0 cm³/mol. The molecule has 1 aliphatic rings. The van der Waals surface area contributed by atoms with Crippen molar-refractivity contribution in [1.82, 2.24) is 4.98 Å². The van der Waals surface area contributed by atoms with Crippen molar-refractivity contribution in [3.63, 3.8) is 0 Å². The fourth-order valence-corrected chi connectivity index (χ4v) is 3.24. The number of aromatic hydroxyl groups is 1. The molecule has 0 radical (unpaired) electrons. The standard InChI is InChI=1S/C18H13N3OS/c22-17-16(10-12-11-19-15-9-5-4-8-14(12)15)23-18(21-17)20-13-6-2-1-3-7-13/h1-11,22H,(H,20,21). The Balaban J connectivity index is 1.64. The molecule has 0 atom stereocenters. The van der Waals surface area contributed by atoms with E-state index < -0.39 is 0 Å². The maximum Gasteiger partial charge on any atom is 0.231 e. The number of aromatic nitrogens is 1. The summed E-state index contributed by atoms with van der Waals surface area (Å²) >= 11 is 1.41. The monoisotopic (exact) mass is 319 g/mol. The van der Waals surface area contributed by atoms with Crippen LogP contribution in [0.25, 0.3) is 11.6 Å². The third-order valence-corrected chi connectivity index (χ3v) is 4.41. The summed E-state index contributed by atoms with van der Waals surface area (Å²) in [6, 6.07) is 17.7. The van der Waals surface area contributed by atoms with E-state index in [1.54, 1.807) is 0 Å². The van der Waals surface area contributed by atoms with Crippen LogP contribution in [0.4, 0.5) is 16.5 Å². The molecule has 0 aliphatic carbocycles. The van der Waals surface area contributed by atoms with Gasteiger partial charge in [0.05, 0.1) is 10.6 Å². The SMILES string of the molecule is Oc1nc(Nc2ccccc2)sc1C=C1C=Nc2ccccc21. The molecule has 0 bridgehead atoms. The van der Waals surface area contributed by atoms with Gasteiger partial charge in [-0.15, -0.1) is 0 Å². The highest BCUT2D eigenvalue weighted by atomic mass is 32.1. The van der Waals surface area contributed by atoms with Crippen LogP contribution < -0.4 is 5.32 Å². The Kier molecular flexibility index (Phi) is 3.40. The lowest BCUT2D eigenvalue weighted by molar-refractivity contribution is 0.457. The lowest BCUT2D eigenvalue weighted by Gasteiger charge is -2.00. The minimum absolute atomic E-state index is 0.0266. The van der Waals surface area contributed by atoms with Crippen molar-refractivity contribution in [2.24, 2.45) is 4.99 Å². The van der Waals surface area contributed by atoms with Gasteiger partial charge < -0.3 is 10.4 Å². The van der Waals surface area contributed by atoms with Gasteiger partial charge in [-0.3, -0.25) is 4.99 Å². The Morgan fingerprint density at radius 1 is 1.00 bits per heavy atom. The summed E-state index contributed by atoms with van der Waals surface area (Å²) < 4.78 is 0. The van der Waals surface area contributed by atoms with Crippen molar-refractivity contribution in [3.8, 4) is 5.88 Å². The van der Waals surface area contributed by atoms with E-state index in [9.17, 15) is 5.11 Å². The van der Waals surface area contributed by atoms with E-state index in [4.69, 9.17) is 0 Å². The second kappa shape index (κ2) is 5.70. The number of allylic oxidation sites excluding steroid dienone is 1. The molecule has 4 nitrogen and oxygen atoms in total. The van der Waals surface area contributed by atoms with Crippen molar-refractivity contribution in [2.75, 3.05) is 5.32 Å². The Bertz CT molecular complexity index is 913. The van der Waals surface area contributed by atoms with Crippen molar-refractivity contribution in [3.05, 3.63) is 65.0 Å². The third-order valence-electron chi connectivity index (χ3n) is 3.50. The second-order valence-electron chi connectivity index (χ2n) is 5.07. The number of hydrogen-bond acceptors (Lipinski definition) is 5. The zero-order chi connectivity index (χ0) is 15.6. The average Bonchev–Trinajstić information content (AvgIpc) is 3.13. The number of nitrogens with one attached hydrogen (secondary N) is 1. The minimum atomic E-state index is 0.0266. The van der Waals surface area contributed by atoms with Crippen molar-refractivity contribution < 1.29 is 5.11 Å². The molecule has 1 aromatic heterocycles. The Hall–Kier alpha value is -2.92. The van der Waals surface area contributed by atoms with Crippen LogP contribution in [0, 0.1) is 0 Å². The number of para-hydroxylation sites is 2. The maximum atomic E-state index is 10.1. The highest BCUT2D eigenvalue weighted by molar-refractivity contribution is 7.16. The molecule has 0 fully saturated rings. The molecular weight excluding hydrogens is 306 g/mol. The van der Waals surface area contributed by atoms with E-state index in [1.807, 2.05) is 66.9 Å². The Morgan fingerprint density at radius 3 is 2.65 bits per heavy atom. The third kappa shape index (κ3) is 2.74. The van der Waals surface area contributed by atoms with Crippen LogP contribution in [0.5, 0.6) is 5.88 Å². The number of rotatable bonds is 3. The zero-order valence-corrected chi connectivity index (χ0v) is 12.9. The normalized spacial score (nSPS) is 14.2. The molecule has 1 aliphatic heterocycles. The fraction of sp³-hybridized carbons (Fsp3) is 0. The Labute approximate surface area is 137 Å². The van der Waals surface area contributed by atoms with Gasteiger partial charge in [0.1, 0.15) is 0 Å². The first-order chi connectivity index (χ1) is 11.3. The van der Waals surface area contributed by atoms with Gasteiger partial charge in [-0.1, -0.05) is 47.7 Å². The molecule has 3 aromatic rings. The summed E-state index contributed by atoms with van der Waals surface area (Å²) in [5.41, 5.74) is 3.93. The van der Waals surface area contributed by atoms with Crippen LogP contribution in [0.15, 0.2) is 59.6 Å². The van der Waals surface area contributed by atoms with E-state index in [0.29, 0.717) is 10.0 Å². The molecule has 2 heterocycles. The summed E-state index contributed by atoms with van der Waals surface area (Å²) in [6.45, 7) is 0. The quantitative estimate of drug-likeness (QED) is 0.725. The smallest absolute Gasteiger partial charge is 0.231 e. The van der Waals surface area contributed by atoms with Gasteiger partial charge in [0, 0.05) is 23.0 Å². The minimum Gasteiger partial charge on any atom is -0.492 e. The largest absolute Gasteiger partial charge is 0.492 e. The van der Waals surface area contributed by atoms with Crippen molar-refractivity contribution >= 4 is 45.7 Å². The molecule has 2 N–H and O–H groups in total. The van der Waals surface area contributed by atoms with Gasteiger partial charge in [0.15, 0.2) is 5.13 Å². The summed E-state index contributed by atoms with van der Waals surface area (Å²) in [5, 5.41) is 13.9. The first-order valence-corrected chi connectivity index (χ1v) is 7.98. The van der Waals surface area contributed by atoms with Crippen LogP contribution in [0.3, 0.4) is 0 Å². The second-order valence-corrected chi connectivity index (χ2v) is 6.10. The number of fused-ring (bicyclic) bond motifs is 1. The molecule has 0 amide bonds. The van der Waals surface area contributed by atoms with E-state index in [0.717, 1.165) is 22.5 Å². The van der Waals surface area contributed by atoms with E-state index in [-0.39, 0.29) is 5.88 Å². The molecule has 112 valence electrons. The average molecular weight is 319 g/mol. The lowest BCUT2D eigenvalue weighted by Crippen LogP contribution is -1.87. The molecule has 0 saturated carbocycles. The van der Waals surface area contributed by atoms with Gasteiger partial charge in [-0.05, 0) is 24.3 Å². The van der Waals surface area contributed by atoms with Crippen LogP contribution in [-0.2, 0) is 0 Å². The van der Waals surface area contributed by atoms with E-state index in [2.05, 4.69) is 15.3 Å². The van der Waals surface area contributed by atoms with Crippen molar-refractivity contribution in [1.29, 1.82) is 0 Å². The van der Waals surface area contributed by atoms with E-state index in [1.165, 1.54) is 11.3 Å². The highest BCUT2D eigenvalue weighted by Crippen LogP contribution is 2.36. The summed E-state index contributed by atoms with van der Waals surface area (Å²) in [4.78, 5) is 9.26. The summed E-state index contributed by atoms with van der Waals surface area (Å²) in [6.07, 6.45) is 3.73. The molecule has 4 rings (SSSR count). The van der Waals surface area contributed by atoms with Gasteiger partial charge in [-0.2, -0.15) is 4.98 Å². The van der Waals surface area contributed by atoms with Gasteiger partial charge >= 0.3 is 0 Å². The topological polar surface area (TPSA) is 57.5 Å². The van der Waals surface area contributed by atoms with Crippen molar-refractivity contribution in [2.45, 2.75) is 0 Å². The molecule has 0 spiro atoms.